The Morgan fingerprint density at radius 2 is 1.39 bits per heavy atom. The third-order valence-electron chi connectivity index (χ3n) is 5.84. The molecular formula is C23H23F7O. The first-order chi connectivity index (χ1) is 14.6. The van der Waals surface area contributed by atoms with Crippen LogP contribution < -0.4 is 4.74 Å². The summed E-state index contributed by atoms with van der Waals surface area (Å²) in [5.74, 6) is -5.80. The van der Waals surface area contributed by atoms with Crippen molar-refractivity contribution in [3.05, 3.63) is 64.2 Å². The van der Waals surface area contributed by atoms with E-state index >= 15 is 0 Å². The number of hydrogen-bond donors (Lipinski definition) is 0. The molecule has 1 saturated carbocycles. The van der Waals surface area contributed by atoms with E-state index in [1.165, 1.54) is 12.1 Å². The lowest BCUT2D eigenvalue weighted by Crippen LogP contribution is -2.19. The van der Waals surface area contributed by atoms with Crippen molar-refractivity contribution in [2.24, 2.45) is 5.92 Å². The summed E-state index contributed by atoms with van der Waals surface area (Å²) in [6.45, 7) is 2.13. The Morgan fingerprint density at radius 1 is 0.839 bits per heavy atom. The first kappa shape index (κ1) is 23.4. The largest absolute Gasteiger partial charge is 0.573 e. The molecule has 2 aromatic carbocycles. The van der Waals surface area contributed by atoms with Gasteiger partial charge in [-0.2, -0.15) is 0 Å². The van der Waals surface area contributed by atoms with E-state index in [9.17, 15) is 30.7 Å². The molecule has 0 bridgehead atoms. The van der Waals surface area contributed by atoms with Crippen LogP contribution in [-0.2, 0) is 6.42 Å². The minimum Gasteiger partial charge on any atom is -0.399 e. The van der Waals surface area contributed by atoms with E-state index in [1.54, 1.807) is 0 Å². The molecule has 0 atom stereocenters. The summed E-state index contributed by atoms with van der Waals surface area (Å²) in [5.41, 5.74) is -0.0539. The fourth-order valence-corrected chi connectivity index (χ4v) is 4.35. The molecule has 1 nitrogen and oxygen atoms in total. The van der Waals surface area contributed by atoms with Gasteiger partial charge in [0.25, 0.3) is 0 Å². The van der Waals surface area contributed by atoms with Gasteiger partial charge >= 0.3 is 6.36 Å². The molecule has 0 aromatic heterocycles. The zero-order valence-corrected chi connectivity index (χ0v) is 17.0. The topological polar surface area (TPSA) is 9.23 Å². The third-order valence-corrected chi connectivity index (χ3v) is 5.84. The van der Waals surface area contributed by atoms with Crippen LogP contribution in [0.5, 0.6) is 5.75 Å². The lowest BCUT2D eigenvalue weighted by atomic mass is 9.77. The molecule has 3 rings (SSSR count). The SMILES string of the molecule is CCCC1CCC(c2cc(F)c(Cc3cc(F)c(OC(F)(F)F)c(F)c3)c(F)c2)CC1. The van der Waals surface area contributed by atoms with Gasteiger partial charge < -0.3 is 4.74 Å². The van der Waals surface area contributed by atoms with Crippen LogP contribution in [0.3, 0.4) is 0 Å². The maximum atomic E-state index is 14.7. The minimum absolute atomic E-state index is 0.0554. The van der Waals surface area contributed by atoms with E-state index in [2.05, 4.69) is 11.7 Å². The van der Waals surface area contributed by atoms with Crippen molar-refractivity contribution in [2.45, 2.75) is 64.1 Å². The van der Waals surface area contributed by atoms with E-state index < -0.39 is 47.4 Å². The zero-order chi connectivity index (χ0) is 22.8. The van der Waals surface area contributed by atoms with E-state index in [1.807, 2.05) is 0 Å². The van der Waals surface area contributed by atoms with Gasteiger partial charge in [-0.25, -0.2) is 17.6 Å². The summed E-state index contributed by atoms with van der Waals surface area (Å²) < 4.78 is 97.2. The lowest BCUT2D eigenvalue weighted by molar-refractivity contribution is -0.276. The zero-order valence-electron chi connectivity index (χ0n) is 17.0. The summed E-state index contributed by atoms with van der Waals surface area (Å²) in [5, 5.41) is 0. The minimum atomic E-state index is -5.27. The van der Waals surface area contributed by atoms with Crippen LogP contribution in [0.4, 0.5) is 30.7 Å². The van der Waals surface area contributed by atoms with Crippen LogP contribution in [0.1, 0.15) is 68.1 Å². The summed E-state index contributed by atoms with van der Waals surface area (Å²) in [7, 11) is 0. The van der Waals surface area contributed by atoms with Gasteiger partial charge in [-0.1, -0.05) is 19.8 Å². The summed E-state index contributed by atoms with van der Waals surface area (Å²) in [6.07, 6.45) is 0.184. The standard InChI is InChI=1S/C23H23F7O/c1-2-3-13-4-6-15(7-5-13)16-11-18(24)17(19(25)12-16)8-14-9-20(26)22(21(27)10-14)31-23(28,29)30/h9-13,15H,2-8H2,1H3. The maximum Gasteiger partial charge on any atom is 0.573 e. The van der Waals surface area contributed by atoms with Crippen molar-refractivity contribution in [2.75, 3.05) is 0 Å². The Morgan fingerprint density at radius 3 is 1.87 bits per heavy atom. The predicted octanol–water partition coefficient (Wildman–Crippen LogP) is 7.81. The molecule has 0 heterocycles. The van der Waals surface area contributed by atoms with Gasteiger partial charge in [0, 0.05) is 12.0 Å². The van der Waals surface area contributed by atoms with Crippen LogP contribution in [0, 0.1) is 29.2 Å². The Balaban J connectivity index is 1.77. The van der Waals surface area contributed by atoms with E-state index in [0.717, 1.165) is 38.5 Å². The number of alkyl halides is 3. The van der Waals surface area contributed by atoms with Crippen LogP contribution in [-0.4, -0.2) is 6.36 Å². The Hall–Kier alpha value is -2.25. The fourth-order valence-electron chi connectivity index (χ4n) is 4.35. The second kappa shape index (κ2) is 9.49. The number of ether oxygens (including phenoxy) is 1. The fraction of sp³-hybridized carbons (Fsp3) is 0.478. The second-order valence-corrected chi connectivity index (χ2v) is 8.08. The number of hydrogen-bond acceptors (Lipinski definition) is 1. The molecule has 8 heteroatoms. The molecule has 0 N–H and O–H groups in total. The maximum absolute atomic E-state index is 14.7. The molecule has 0 saturated heterocycles. The molecule has 2 aromatic rings. The van der Waals surface area contributed by atoms with Gasteiger partial charge in [-0.3, -0.25) is 0 Å². The first-order valence-corrected chi connectivity index (χ1v) is 10.3. The normalized spacial score (nSPS) is 19.5. The highest BCUT2D eigenvalue weighted by molar-refractivity contribution is 5.37. The quantitative estimate of drug-likeness (QED) is 0.410. The average Bonchev–Trinajstić information content (AvgIpc) is 2.67. The van der Waals surface area contributed by atoms with Crippen LogP contribution in [0.25, 0.3) is 0 Å². The van der Waals surface area contributed by atoms with Gasteiger partial charge in [-0.15, -0.1) is 13.2 Å². The predicted molar refractivity (Wildman–Crippen MR) is 102 cm³/mol. The molecule has 0 amide bonds. The van der Waals surface area contributed by atoms with Crippen molar-refractivity contribution in [1.82, 2.24) is 0 Å². The van der Waals surface area contributed by atoms with Crippen molar-refractivity contribution < 1.29 is 35.5 Å². The molecule has 1 aliphatic carbocycles. The van der Waals surface area contributed by atoms with Crippen LogP contribution in [0.15, 0.2) is 24.3 Å². The molecule has 1 fully saturated rings. The number of halogens is 7. The third kappa shape index (κ3) is 5.92. The monoisotopic (exact) mass is 448 g/mol. The molecule has 0 radical (unpaired) electrons. The summed E-state index contributed by atoms with van der Waals surface area (Å²) in [4.78, 5) is 0. The van der Waals surface area contributed by atoms with E-state index in [-0.39, 0.29) is 11.5 Å². The molecule has 0 unspecified atom stereocenters. The van der Waals surface area contributed by atoms with E-state index in [4.69, 9.17) is 0 Å². The van der Waals surface area contributed by atoms with Crippen molar-refractivity contribution in [3.63, 3.8) is 0 Å². The van der Waals surface area contributed by atoms with Gasteiger partial charge in [0.1, 0.15) is 11.6 Å². The average molecular weight is 448 g/mol. The highest BCUT2D eigenvalue weighted by atomic mass is 19.4. The molecule has 0 spiro atoms. The van der Waals surface area contributed by atoms with Crippen molar-refractivity contribution in [1.29, 1.82) is 0 Å². The molecule has 31 heavy (non-hydrogen) atoms. The Bertz CT molecular complexity index is 869. The lowest BCUT2D eigenvalue weighted by Gasteiger charge is -2.29. The van der Waals surface area contributed by atoms with Crippen molar-refractivity contribution in [3.8, 4) is 5.75 Å². The highest BCUT2D eigenvalue weighted by Crippen LogP contribution is 2.38. The van der Waals surface area contributed by atoms with Crippen molar-refractivity contribution >= 4 is 0 Å². The smallest absolute Gasteiger partial charge is 0.399 e. The van der Waals surface area contributed by atoms with Gasteiger partial charge in [0.2, 0.25) is 5.75 Å². The summed E-state index contributed by atoms with van der Waals surface area (Å²) in [6, 6.07) is 3.64. The number of benzene rings is 2. The first-order valence-electron chi connectivity index (χ1n) is 10.3. The van der Waals surface area contributed by atoms with Crippen LogP contribution in [0.2, 0.25) is 0 Å². The molecular weight excluding hydrogens is 425 g/mol. The molecule has 1 aliphatic rings. The molecule has 170 valence electrons. The van der Waals surface area contributed by atoms with Crippen LogP contribution >= 0.6 is 0 Å². The highest BCUT2D eigenvalue weighted by Gasteiger charge is 2.34. The Kier molecular flexibility index (Phi) is 7.17. The molecule has 0 aliphatic heterocycles. The Labute approximate surface area is 176 Å². The van der Waals surface area contributed by atoms with Gasteiger partial charge in [0.15, 0.2) is 11.6 Å². The summed E-state index contributed by atoms with van der Waals surface area (Å²) >= 11 is 0. The number of rotatable bonds is 6. The second-order valence-electron chi connectivity index (χ2n) is 8.08. The van der Waals surface area contributed by atoms with Gasteiger partial charge in [0.05, 0.1) is 0 Å². The van der Waals surface area contributed by atoms with Gasteiger partial charge in [-0.05, 0) is 72.9 Å². The van der Waals surface area contributed by atoms with E-state index in [0.29, 0.717) is 23.6 Å².